The molecule has 3 rings (SSSR count). The van der Waals surface area contributed by atoms with Gasteiger partial charge in [0.05, 0.1) is 13.7 Å². The monoisotopic (exact) mass is 406 g/mol. The van der Waals surface area contributed by atoms with Crippen LogP contribution < -0.4 is 21.1 Å². The Bertz CT molecular complexity index is 968. The number of anilines is 1. The molecule has 0 saturated carbocycles. The van der Waals surface area contributed by atoms with Crippen LogP contribution in [0.4, 0.5) is 5.69 Å². The molecule has 1 heterocycles. The summed E-state index contributed by atoms with van der Waals surface area (Å²) in [7, 11) is 1.65. The average Bonchev–Trinajstić information content (AvgIpc) is 3.26. The van der Waals surface area contributed by atoms with Crippen molar-refractivity contribution in [1.29, 1.82) is 0 Å². The van der Waals surface area contributed by atoms with Gasteiger partial charge in [-0.15, -0.1) is 0 Å². The molecule has 2 aromatic carbocycles. The predicted octanol–water partition coefficient (Wildman–Crippen LogP) is 2.18. The van der Waals surface area contributed by atoms with E-state index in [1.807, 2.05) is 48.5 Å². The van der Waals surface area contributed by atoms with Crippen molar-refractivity contribution in [2.75, 3.05) is 19.0 Å². The minimum atomic E-state index is -0.140. The highest BCUT2D eigenvalue weighted by Crippen LogP contribution is 2.12. The van der Waals surface area contributed by atoms with Crippen molar-refractivity contribution in [3.63, 3.8) is 0 Å². The lowest BCUT2D eigenvalue weighted by Gasteiger charge is -2.08. The Morgan fingerprint density at radius 2 is 2.00 bits per heavy atom. The van der Waals surface area contributed by atoms with E-state index in [2.05, 4.69) is 20.7 Å². The van der Waals surface area contributed by atoms with E-state index in [1.165, 1.54) is 5.56 Å². The maximum atomic E-state index is 12.1. The molecule has 0 aliphatic carbocycles. The van der Waals surface area contributed by atoms with Crippen LogP contribution in [0.25, 0.3) is 0 Å². The number of guanidine groups is 1. The third-order valence-electron chi connectivity index (χ3n) is 4.39. The fourth-order valence-corrected chi connectivity index (χ4v) is 2.85. The average molecular weight is 406 g/mol. The van der Waals surface area contributed by atoms with Gasteiger partial charge in [-0.25, -0.2) is 4.99 Å². The van der Waals surface area contributed by atoms with Gasteiger partial charge in [-0.2, -0.15) is 5.10 Å². The van der Waals surface area contributed by atoms with Crippen molar-refractivity contribution >= 4 is 17.6 Å². The van der Waals surface area contributed by atoms with Crippen LogP contribution in [0.5, 0.6) is 5.75 Å². The van der Waals surface area contributed by atoms with E-state index in [1.54, 1.807) is 30.3 Å². The van der Waals surface area contributed by atoms with Crippen molar-refractivity contribution < 1.29 is 9.53 Å². The van der Waals surface area contributed by atoms with Gasteiger partial charge < -0.3 is 21.1 Å². The zero-order valence-corrected chi connectivity index (χ0v) is 16.9. The third-order valence-corrected chi connectivity index (χ3v) is 4.39. The summed E-state index contributed by atoms with van der Waals surface area (Å²) in [6.07, 6.45) is 4.22. The Kier molecular flexibility index (Phi) is 7.43. The standard InChI is InChI=1S/C22H26N6O2/c1-30-20-8-6-17(7-9-20)10-12-24-22(23)25-15-18-4-2-5-19(14-18)27-21(29)16-28-13-3-11-26-28/h2-9,11,13-14H,10,12,15-16H2,1H3,(H,27,29)(H3,23,24,25). The number of carbonyl (C=O) groups is 1. The van der Waals surface area contributed by atoms with Gasteiger partial charge in [-0.05, 0) is 47.9 Å². The van der Waals surface area contributed by atoms with E-state index >= 15 is 0 Å². The van der Waals surface area contributed by atoms with Crippen LogP contribution in [0.3, 0.4) is 0 Å². The summed E-state index contributed by atoms with van der Waals surface area (Å²) in [5.74, 6) is 1.09. The summed E-state index contributed by atoms with van der Waals surface area (Å²) >= 11 is 0. The number of nitrogens with two attached hydrogens (primary N) is 1. The number of amides is 1. The van der Waals surface area contributed by atoms with Gasteiger partial charge in [0.1, 0.15) is 12.3 Å². The first-order valence-electron chi connectivity index (χ1n) is 9.65. The number of carbonyl (C=O) groups excluding carboxylic acids is 1. The van der Waals surface area contributed by atoms with E-state index < -0.39 is 0 Å². The highest BCUT2D eigenvalue weighted by Gasteiger charge is 2.04. The van der Waals surface area contributed by atoms with Crippen LogP contribution in [-0.4, -0.2) is 35.3 Å². The number of rotatable bonds is 9. The number of nitrogens with zero attached hydrogens (tertiary/aromatic N) is 3. The summed E-state index contributed by atoms with van der Waals surface area (Å²) in [6, 6.07) is 17.3. The van der Waals surface area contributed by atoms with E-state index in [-0.39, 0.29) is 12.5 Å². The fourth-order valence-electron chi connectivity index (χ4n) is 2.85. The van der Waals surface area contributed by atoms with E-state index in [4.69, 9.17) is 10.5 Å². The van der Waals surface area contributed by atoms with Gasteiger partial charge >= 0.3 is 0 Å². The molecule has 0 fully saturated rings. The van der Waals surface area contributed by atoms with Gasteiger partial charge in [0.2, 0.25) is 5.91 Å². The molecule has 3 aromatic rings. The summed E-state index contributed by atoms with van der Waals surface area (Å²) in [5.41, 5.74) is 8.82. The smallest absolute Gasteiger partial charge is 0.246 e. The SMILES string of the molecule is COc1ccc(CCNC(N)=NCc2cccc(NC(=O)Cn3cccn3)c2)cc1. The number of benzene rings is 2. The lowest BCUT2D eigenvalue weighted by Crippen LogP contribution is -2.33. The highest BCUT2D eigenvalue weighted by atomic mass is 16.5. The maximum Gasteiger partial charge on any atom is 0.246 e. The lowest BCUT2D eigenvalue weighted by molar-refractivity contribution is -0.116. The van der Waals surface area contributed by atoms with Crippen LogP contribution in [-0.2, 0) is 24.3 Å². The van der Waals surface area contributed by atoms with Crippen molar-refractivity contribution in [2.45, 2.75) is 19.5 Å². The summed E-state index contributed by atoms with van der Waals surface area (Å²) in [4.78, 5) is 16.5. The number of hydrogen-bond donors (Lipinski definition) is 3. The number of aromatic nitrogens is 2. The Morgan fingerprint density at radius 3 is 2.73 bits per heavy atom. The van der Waals surface area contributed by atoms with Gasteiger partial charge in [0.15, 0.2) is 5.96 Å². The molecular weight excluding hydrogens is 380 g/mol. The van der Waals surface area contributed by atoms with Crippen LogP contribution in [0.15, 0.2) is 72.0 Å². The van der Waals surface area contributed by atoms with Gasteiger partial charge in [0, 0.05) is 24.6 Å². The van der Waals surface area contributed by atoms with Crippen molar-refractivity contribution in [3.8, 4) is 5.75 Å². The normalized spacial score (nSPS) is 11.2. The fraction of sp³-hybridized carbons (Fsp3) is 0.227. The van der Waals surface area contributed by atoms with Crippen LogP contribution >= 0.6 is 0 Å². The molecule has 4 N–H and O–H groups in total. The molecule has 0 atom stereocenters. The lowest BCUT2D eigenvalue weighted by atomic mass is 10.1. The molecule has 0 aliphatic heterocycles. The molecule has 0 spiro atoms. The highest BCUT2D eigenvalue weighted by molar-refractivity contribution is 5.90. The molecule has 0 saturated heterocycles. The second-order valence-corrected chi connectivity index (χ2v) is 6.68. The van der Waals surface area contributed by atoms with E-state index in [0.29, 0.717) is 24.7 Å². The second kappa shape index (κ2) is 10.7. The Morgan fingerprint density at radius 1 is 1.17 bits per heavy atom. The van der Waals surface area contributed by atoms with Gasteiger partial charge in [0.25, 0.3) is 0 Å². The largest absolute Gasteiger partial charge is 0.497 e. The minimum absolute atomic E-state index is 0.140. The molecule has 0 radical (unpaired) electrons. The predicted molar refractivity (Wildman–Crippen MR) is 117 cm³/mol. The Labute approximate surface area is 175 Å². The summed E-state index contributed by atoms with van der Waals surface area (Å²) < 4.78 is 6.73. The van der Waals surface area contributed by atoms with Gasteiger partial charge in [-0.3, -0.25) is 9.48 Å². The molecule has 0 bridgehead atoms. The van der Waals surface area contributed by atoms with Crippen LogP contribution in [0.1, 0.15) is 11.1 Å². The second-order valence-electron chi connectivity index (χ2n) is 6.68. The summed E-state index contributed by atoms with van der Waals surface area (Å²) in [6.45, 7) is 1.27. The molecule has 1 aromatic heterocycles. The number of aliphatic imine (C=N–C) groups is 1. The first-order chi connectivity index (χ1) is 14.6. The quantitative estimate of drug-likeness (QED) is 0.373. The molecule has 0 unspecified atom stereocenters. The molecule has 156 valence electrons. The van der Waals surface area contributed by atoms with Crippen molar-refractivity contribution in [2.24, 2.45) is 10.7 Å². The number of ether oxygens (including phenoxy) is 1. The first-order valence-corrected chi connectivity index (χ1v) is 9.65. The molecule has 0 aliphatic rings. The molecule has 30 heavy (non-hydrogen) atoms. The Hall–Kier alpha value is -3.81. The van der Waals surface area contributed by atoms with Crippen molar-refractivity contribution in [3.05, 3.63) is 78.1 Å². The zero-order valence-electron chi connectivity index (χ0n) is 16.9. The zero-order chi connectivity index (χ0) is 21.2. The maximum absolute atomic E-state index is 12.1. The topological polar surface area (TPSA) is 107 Å². The minimum Gasteiger partial charge on any atom is -0.497 e. The molecular formula is C22H26N6O2. The van der Waals surface area contributed by atoms with Crippen LogP contribution in [0.2, 0.25) is 0 Å². The Balaban J connectivity index is 1.45. The van der Waals surface area contributed by atoms with Gasteiger partial charge in [-0.1, -0.05) is 24.3 Å². The first kappa shape index (κ1) is 20.9. The third kappa shape index (κ3) is 6.66. The summed E-state index contributed by atoms with van der Waals surface area (Å²) in [5, 5.41) is 10.0. The van der Waals surface area contributed by atoms with E-state index in [9.17, 15) is 4.79 Å². The number of hydrogen-bond acceptors (Lipinski definition) is 4. The molecule has 8 heteroatoms. The molecule has 1 amide bonds. The van der Waals surface area contributed by atoms with Crippen LogP contribution in [0, 0.1) is 0 Å². The van der Waals surface area contributed by atoms with Crippen molar-refractivity contribution in [1.82, 2.24) is 15.1 Å². The number of methoxy groups -OCH3 is 1. The molecule has 8 nitrogen and oxygen atoms in total. The number of nitrogens with one attached hydrogen (secondary N) is 2. The van der Waals surface area contributed by atoms with E-state index in [0.717, 1.165) is 17.7 Å².